The molecule has 19 heavy (non-hydrogen) atoms. The van der Waals surface area contributed by atoms with Gasteiger partial charge in [0.05, 0.1) is 6.10 Å². The van der Waals surface area contributed by atoms with E-state index in [-0.39, 0.29) is 0 Å². The topological polar surface area (TPSA) is 40.5 Å². The standard InChI is InChI=1S/C17H28O2/c1-3-4-5-6-7-8-9-16(18)17(19)15-12-10-14(2)11-13-15/h10-13,16-19H,3-9H2,1-2H3. The summed E-state index contributed by atoms with van der Waals surface area (Å²) >= 11 is 0. The van der Waals surface area contributed by atoms with Gasteiger partial charge >= 0.3 is 0 Å². The van der Waals surface area contributed by atoms with Crippen LogP contribution in [0.4, 0.5) is 0 Å². The molecule has 0 aliphatic rings. The Morgan fingerprint density at radius 1 is 0.895 bits per heavy atom. The van der Waals surface area contributed by atoms with Gasteiger partial charge in [-0.3, -0.25) is 0 Å². The Morgan fingerprint density at radius 3 is 2.11 bits per heavy atom. The Kier molecular flexibility index (Phi) is 7.76. The summed E-state index contributed by atoms with van der Waals surface area (Å²) in [4.78, 5) is 0. The highest BCUT2D eigenvalue weighted by molar-refractivity contribution is 5.23. The maximum absolute atomic E-state index is 10.1. The zero-order valence-corrected chi connectivity index (χ0v) is 12.3. The van der Waals surface area contributed by atoms with Crippen LogP contribution in [0.5, 0.6) is 0 Å². The van der Waals surface area contributed by atoms with Crippen molar-refractivity contribution in [3.63, 3.8) is 0 Å². The lowest BCUT2D eigenvalue weighted by molar-refractivity contribution is 0.0120. The molecule has 2 atom stereocenters. The van der Waals surface area contributed by atoms with E-state index in [9.17, 15) is 10.2 Å². The number of hydrogen-bond acceptors (Lipinski definition) is 2. The Labute approximate surface area is 117 Å². The molecule has 2 nitrogen and oxygen atoms in total. The number of aliphatic hydroxyl groups is 2. The van der Waals surface area contributed by atoms with E-state index in [1.54, 1.807) is 0 Å². The molecule has 0 bridgehead atoms. The van der Waals surface area contributed by atoms with Crippen LogP contribution < -0.4 is 0 Å². The van der Waals surface area contributed by atoms with Crippen LogP contribution in [0.25, 0.3) is 0 Å². The Bertz CT molecular complexity index is 332. The largest absolute Gasteiger partial charge is 0.390 e. The summed E-state index contributed by atoms with van der Waals surface area (Å²) in [7, 11) is 0. The summed E-state index contributed by atoms with van der Waals surface area (Å²) in [6.07, 6.45) is 6.51. The van der Waals surface area contributed by atoms with Gasteiger partial charge in [-0.2, -0.15) is 0 Å². The highest BCUT2D eigenvalue weighted by Crippen LogP contribution is 2.21. The van der Waals surface area contributed by atoms with Gasteiger partial charge in [-0.05, 0) is 18.9 Å². The maximum atomic E-state index is 10.1. The highest BCUT2D eigenvalue weighted by atomic mass is 16.3. The van der Waals surface area contributed by atoms with Crippen molar-refractivity contribution in [3.8, 4) is 0 Å². The molecule has 108 valence electrons. The van der Waals surface area contributed by atoms with Crippen molar-refractivity contribution in [2.24, 2.45) is 0 Å². The Balaban J connectivity index is 2.25. The quantitative estimate of drug-likeness (QED) is 0.658. The van der Waals surface area contributed by atoms with E-state index in [0.29, 0.717) is 6.42 Å². The van der Waals surface area contributed by atoms with Gasteiger partial charge < -0.3 is 10.2 Å². The molecule has 0 aliphatic carbocycles. The molecule has 0 aromatic heterocycles. The first-order chi connectivity index (χ1) is 9.15. The molecule has 0 radical (unpaired) electrons. The third kappa shape index (κ3) is 6.22. The summed E-state index contributed by atoms with van der Waals surface area (Å²) in [5.41, 5.74) is 1.98. The zero-order valence-electron chi connectivity index (χ0n) is 12.3. The molecule has 0 aliphatic heterocycles. The van der Waals surface area contributed by atoms with E-state index in [1.165, 1.54) is 31.2 Å². The molecule has 2 heteroatoms. The fourth-order valence-corrected chi connectivity index (χ4v) is 2.28. The second-order valence-corrected chi connectivity index (χ2v) is 5.48. The molecular weight excluding hydrogens is 236 g/mol. The SMILES string of the molecule is CCCCCCCCC(O)C(O)c1ccc(C)cc1. The molecule has 2 unspecified atom stereocenters. The predicted molar refractivity (Wildman–Crippen MR) is 80.1 cm³/mol. The fraction of sp³-hybridized carbons (Fsp3) is 0.647. The van der Waals surface area contributed by atoms with Gasteiger partial charge in [0.25, 0.3) is 0 Å². The molecule has 1 aromatic rings. The number of hydrogen-bond donors (Lipinski definition) is 2. The van der Waals surface area contributed by atoms with Crippen LogP contribution in [0, 0.1) is 6.92 Å². The zero-order chi connectivity index (χ0) is 14.1. The molecule has 0 spiro atoms. The smallest absolute Gasteiger partial charge is 0.105 e. The van der Waals surface area contributed by atoms with E-state index in [0.717, 1.165) is 18.4 Å². The number of unbranched alkanes of at least 4 members (excludes halogenated alkanes) is 5. The summed E-state index contributed by atoms with van der Waals surface area (Å²) < 4.78 is 0. The minimum Gasteiger partial charge on any atom is -0.390 e. The van der Waals surface area contributed by atoms with Gasteiger partial charge in [0.1, 0.15) is 6.10 Å². The number of rotatable bonds is 9. The summed E-state index contributed by atoms with van der Waals surface area (Å²) in [6, 6.07) is 7.72. The van der Waals surface area contributed by atoms with Crippen molar-refractivity contribution in [1.82, 2.24) is 0 Å². The predicted octanol–water partition coefficient (Wildman–Crippen LogP) is 4.14. The third-order valence-corrected chi connectivity index (χ3v) is 3.64. The van der Waals surface area contributed by atoms with Crippen LogP contribution in [0.2, 0.25) is 0 Å². The van der Waals surface area contributed by atoms with Gasteiger partial charge in [0.15, 0.2) is 0 Å². The molecule has 0 saturated heterocycles. The van der Waals surface area contributed by atoms with Crippen molar-refractivity contribution in [1.29, 1.82) is 0 Å². The van der Waals surface area contributed by atoms with E-state index < -0.39 is 12.2 Å². The van der Waals surface area contributed by atoms with Crippen LogP contribution in [-0.2, 0) is 0 Å². The maximum Gasteiger partial charge on any atom is 0.105 e. The van der Waals surface area contributed by atoms with Crippen molar-refractivity contribution in [3.05, 3.63) is 35.4 Å². The molecule has 0 amide bonds. The monoisotopic (exact) mass is 264 g/mol. The van der Waals surface area contributed by atoms with Crippen LogP contribution in [0.1, 0.15) is 69.1 Å². The average molecular weight is 264 g/mol. The van der Waals surface area contributed by atoms with E-state index in [1.807, 2.05) is 31.2 Å². The summed E-state index contributed by atoms with van der Waals surface area (Å²) in [5, 5.41) is 20.1. The second kappa shape index (κ2) is 9.11. The lowest BCUT2D eigenvalue weighted by atomic mass is 9.98. The van der Waals surface area contributed by atoms with E-state index in [2.05, 4.69) is 6.92 Å². The lowest BCUT2D eigenvalue weighted by Crippen LogP contribution is -2.18. The van der Waals surface area contributed by atoms with Crippen molar-refractivity contribution in [2.75, 3.05) is 0 Å². The van der Waals surface area contributed by atoms with Gasteiger partial charge in [-0.15, -0.1) is 0 Å². The first kappa shape index (κ1) is 16.2. The van der Waals surface area contributed by atoms with Crippen LogP contribution in [0.3, 0.4) is 0 Å². The van der Waals surface area contributed by atoms with E-state index >= 15 is 0 Å². The molecule has 0 heterocycles. The normalized spacial score (nSPS) is 14.3. The Morgan fingerprint density at radius 2 is 1.47 bits per heavy atom. The van der Waals surface area contributed by atoms with Crippen molar-refractivity contribution >= 4 is 0 Å². The molecule has 1 aromatic carbocycles. The minimum absolute atomic E-state index is 0.645. The second-order valence-electron chi connectivity index (χ2n) is 5.48. The average Bonchev–Trinajstić information content (AvgIpc) is 2.42. The number of aliphatic hydroxyl groups excluding tert-OH is 2. The first-order valence-electron chi connectivity index (χ1n) is 7.58. The molecule has 2 N–H and O–H groups in total. The van der Waals surface area contributed by atoms with Crippen LogP contribution in [-0.4, -0.2) is 16.3 Å². The molecule has 0 fully saturated rings. The minimum atomic E-state index is -0.753. The molecule has 0 saturated carbocycles. The lowest BCUT2D eigenvalue weighted by Gasteiger charge is -2.18. The van der Waals surface area contributed by atoms with E-state index in [4.69, 9.17) is 0 Å². The first-order valence-corrected chi connectivity index (χ1v) is 7.58. The van der Waals surface area contributed by atoms with Gasteiger partial charge in [0, 0.05) is 0 Å². The van der Waals surface area contributed by atoms with Crippen molar-refractivity contribution in [2.45, 2.75) is 71.0 Å². The number of aryl methyl sites for hydroxylation is 1. The van der Waals surface area contributed by atoms with Gasteiger partial charge in [-0.1, -0.05) is 75.3 Å². The highest BCUT2D eigenvalue weighted by Gasteiger charge is 2.17. The molecule has 1 rings (SSSR count). The van der Waals surface area contributed by atoms with Crippen LogP contribution >= 0.6 is 0 Å². The fourth-order valence-electron chi connectivity index (χ4n) is 2.28. The van der Waals surface area contributed by atoms with Crippen molar-refractivity contribution < 1.29 is 10.2 Å². The summed E-state index contributed by atoms with van der Waals surface area (Å²) in [5.74, 6) is 0. The Hall–Kier alpha value is -0.860. The summed E-state index contributed by atoms with van der Waals surface area (Å²) in [6.45, 7) is 4.23. The molecular formula is C17H28O2. The van der Waals surface area contributed by atoms with Crippen LogP contribution in [0.15, 0.2) is 24.3 Å². The van der Waals surface area contributed by atoms with Gasteiger partial charge in [0.2, 0.25) is 0 Å². The van der Waals surface area contributed by atoms with Gasteiger partial charge in [-0.25, -0.2) is 0 Å². The third-order valence-electron chi connectivity index (χ3n) is 3.64. The number of benzene rings is 1.